The average Bonchev–Trinajstić information content (AvgIpc) is 2.54. The summed E-state index contributed by atoms with van der Waals surface area (Å²) in [7, 11) is 3.19. The average molecular weight is 311 g/mol. The van der Waals surface area contributed by atoms with Gasteiger partial charge in [0.05, 0.1) is 19.8 Å². The maximum atomic E-state index is 12.3. The molecule has 6 nitrogen and oxygen atoms in total. The Morgan fingerprint density at radius 2 is 1.86 bits per heavy atom. The summed E-state index contributed by atoms with van der Waals surface area (Å²) in [6.45, 7) is 4.75. The van der Waals surface area contributed by atoms with E-state index >= 15 is 0 Å². The fourth-order valence-corrected chi connectivity index (χ4v) is 1.99. The van der Waals surface area contributed by atoms with Crippen molar-refractivity contribution in [1.82, 2.24) is 5.32 Å². The van der Waals surface area contributed by atoms with Crippen LogP contribution in [0.2, 0.25) is 0 Å². The summed E-state index contributed by atoms with van der Waals surface area (Å²) in [6, 6.07) is 7.17. The van der Waals surface area contributed by atoms with Gasteiger partial charge in [-0.25, -0.2) is 0 Å². The number of methoxy groups -OCH3 is 2. The minimum atomic E-state index is -0.917. The largest absolute Gasteiger partial charge is 0.497 e. The van der Waals surface area contributed by atoms with Gasteiger partial charge in [-0.05, 0) is 31.5 Å². The standard InChI is InChI=1S/C16H25NO5/c1-5-21-16(22-6-2)15(18)17-14(11-19-3)12-8-7-9-13(10-12)20-4/h7-10,14,16H,5-6,11H2,1-4H3,(H,17,18). The highest BCUT2D eigenvalue weighted by Gasteiger charge is 2.23. The van der Waals surface area contributed by atoms with Crippen LogP contribution in [0.4, 0.5) is 0 Å². The van der Waals surface area contributed by atoms with E-state index in [0.717, 1.165) is 11.3 Å². The van der Waals surface area contributed by atoms with Gasteiger partial charge >= 0.3 is 0 Å². The smallest absolute Gasteiger partial charge is 0.277 e. The molecule has 1 aromatic carbocycles. The van der Waals surface area contributed by atoms with Crippen LogP contribution in [0, 0.1) is 0 Å². The van der Waals surface area contributed by atoms with Gasteiger partial charge in [-0.15, -0.1) is 0 Å². The van der Waals surface area contributed by atoms with Crippen molar-refractivity contribution in [1.29, 1.82) is 0 Å². The van der Waals surface area contributed by atoms with E-state index in [2.05, 4.69) is 5.32 Å². The van der Waals surface area contributed by atoms with E-state index in [1.165, 1.54) is 0 Å². The topological polar surface area (TPSA) is 66.0 Å². The first-order chi connectivity index (χ1) is 10.7. The Bertz CT molecular complexity index is 446. The summed E-state index contributed by atoms with van der Waals surface area (Å²) in [5.74, 6) is 0.396. The fourth-order valence-electron chi connectivity index (χ4n) is 1.99. The number of amides is 1. The molecule has 0 radical (unpaired) electrons. The number of carbonyl (C=O) groups is 1. The van der Waals surface area contributed by atoms with Gasteiger partial charge in [-0.3, -0.25) is 4.79 Å². The van der Waals surface area contributed by atoms with Gasteiger partial charge in [0.1, 0.15) is 5.75 Å². The molecular formula is C16H25NO5. The van der Waals surface area contributed by atoms with Gasteiger partial charge < -0.3 is 24.3 Å². The SMILES string of the molecule is CCOC(OCC)C(=O)NC(COC)c1cccc(OC)c1. The van der Waals surface area contributed by atoms with E-state index in [0.29, 0.717) is 19.8 Å². The molecule has 0 aliphatic rings. The van der Waals surface area contributed by atoms with E-state index in [4.69, 9.17) is 18.9 Å². The molecule has 0 aliphatic carbocycles. The molecule has 0 spiro atoms. The van der Waals surface area contributed by atoms with Crippen LogP contribution in [-0.4, -0.2) is 46.2 Å². The van der Waals surface area contributed by atoms with Crippen molar-refractivity contribution in [2.45, 2.75) is 26.2 Å². The Hall–Kier alpha value is -1.63. The van der Waals surface area contributed by atoms with Crippen LogP contribution in [0.15, 0.2) is 24.3 Å². The van der Waals surface area contributed by atoms with E-state index < -0.39 is 6.29 Å². The Balaban J connectivity index is 2.83. The highest BCUT2D eigenvalue weighted by molar-refractivity contribution is 5.80. The second kappa shape index (κ2) is 10.2. The lowest BCUT2D eigenvalue weighted by atomic mass is 10.1. The number of nitrogens with one attached hydrogen (secondary N) is 1. The zero-order chi connectivity index (χ0) is 16.4. The van der Waals surface area contributed by atoms with Crippen molar-refractivity contribution in [3.63, 3.8) is 0 Å². The highest BCUT2D eigenvalue weighted by Crippen LogP contribution is 2.19. The zero-order valence-corrected chi connectivity index (χ0v) is 13.6. The minimum Gasteiger partial charge on any atom is -0.497 e. The molecule has 0 aliphatic heterocycles. The molecular weight excluding hydrogens is 286 g/mol. The molecule has 1 atom stereocenters. The molecule has 0 saturated heterocycles. The number of hydrogen-bond donors (Lipinski definition) is 1. The molecule has 1 aromatic rings. The van der Waals surface area contributed by atoms with Crippen LogP contribution in [0.5, 0.6) is 5.75 Å². The number of ether oxygens (including phenoxy) is 4. The monoisotopic (exact) mass is 311 g/mol. The molecule has 22 heavy (non-hydrogen) atoms. The van der Waals surface area contributed by atoms with Gasteiger partial charge in [0.15, 0.2) is 0 Å². The highest BCUT2D eigenvalue weighted by atomic mass is 16.7. The van der Waals surface area contributed by atoms with Gasteiger partial charge in [-0.1, -0.05) is 12.1 Å². The summed E-state index contributed by atoms with van der Waals surface area (Å²) in [6.07, 6.45) is -0.917. The zero-order valence-electron chi connectivity index (χ0n) is 13.6. The Labute approximate surface area is 131 Å². The lowest BCUT2D eigenvalue weighted by molar-refractivity contribution is -0.171. The molecule has 0 bridgehead atoms. The lowest BCUT2D eigenvalue weighted by Crippen LogP contribution is -2.41. The first-order valence-corrected chi connectivity index (χ1v) is 7.32. The maximum Gasteiger partial charge on any atom is 0.277 e. The van der Waals surface area contributed by atoms with Crippen molar-refractivity contribution >= 4 is 5.91 Å². The molecule has 6 heteroatoms. The normalized spacial score (nSPS) is 12.2. The lowest BCUT2D eigenvalue weighted by Gasteiger charge is -2.22. The van der Waals surface area contributed by atoms with Crippen molar-refractivity contribution in [3.8, 4) is 5.75 Å². The third-order valence-electron chi connectivity index (χ3n) is 3.00. The van der Waals surface area contributed by atoms with Crippen LogP contribution in [0.3, 0.4) is 0 Å². The van der Waals surface area contributed by atoms with Crippen LogP contribution in [0.25, 0.3) is 0 Å². The molecule has 124 valence electrons. The second-order valence-corrected chi connectivity index (χ2v) is 4.54. The van der Waals surface area contributed by atoms with Crippen molar-refractivity contribution in [2.75, 3.05) is 34.0 Å². The van der Waals surface area contributed by atoms with Crippen LogP contribution in [0.1, 0.15) is 25.5 Å². The first kappa shape index (κ1) is 18.4. The third-order valence-corrected chi connectivity index (χ3v) is 3.00. The van der Waals surface area contributed by atoms with Crippen LogP contribution >= 0.6 is 0 Å². The Morgan fingerprint density at radius 3 is 2.41 bits per heavy atom. The van der Waals surface area contributed by atoms with Gasteiger partial charge in [0.2, 0.25) is 6.29 Å². The van der Waals surface area contributed by atoms with E-state index in [9.17, 15) is 4.79 Å². The van der Waals surface area contributed by atoms with Crippen molar-refractivity contribution in [3.05, 3.63) is 29.8 Å². The van der Waals surface area contributed by atoms with Crippen LogP contribution in [-0.2, 0) is 19.0 Å². The second-order valence-electron chi connectivity index (χ2n) is 4.54. The maximum absolute atomic E-state index is 12.3. The van der Waals surface area contributed by atoms with Gasteiger partial charge in [-0.2, -0.15) is 0 Å². The summed E-state index contributed by atoms with van der Waals surface area (Å²) in [5, 5.41) is 2.89. The predicted molar refractivity (Wildman–Crippen MR) is 82.8 cm³/mol. The summed E-state index contributed by atoms with van der Waals surface area (Å²) in [5.41, 5.74) is 0.890. The van der Waals surface area contributed by atoms with Crippen molar-refractivity contribution < 1.29 is 23.7 Å². The quantitative estimate of drug-likeness (QED) is 0.669. The number of carbonyl (C=O) groups excluding carboxylic acids is 1. The number of benzene rings is 1. The van der Waals surface area contributed by atoms with E-state index in [1.807, 2.05) is 38.1 Å². The summed E-state index contributed by atoms with van der Waals surface area (Å²) in [4.78, 5) is 12.3. The van der Waals surface area contributed by atoms with E-state index in [-0.39, 0.29) is 11.9 Å². The summed E-state index contributed by atoms with van der Waals surface area (Å²) < 4.78 is 21.0. The van der Waals surface area contributed by atoms with Gasteiger partial charge in [0.25, 0.3) is 5.91 Å². The first-order valence-electron chi connectivity index (χ1n) is 7.32. The minimum absolute atomic E-state index is 0.309. The summed E-state index contributed by atoms with van der Waals surface area (Å²) >= 11 is 0. The molecule has 0 aromatic heterocycles. The number of rotatable bonds is 10. The molecule has 0 heterocycles. The number of hydrogen-bond acceptors (Lipinski definition) is 5. The van der Waals surface area contributed by atoms with Crippen molar-refractivity contribution in [2.24, 2.45) is 0 Å². The molecule has 0 saturated carbocycles. The fraction of sp³-hybridized carbons (Fsp3) is 0.562. The molecule has 1 rings (SSSR count). The van der Waals surface area contributed by atoms with Crippen LogP contribution < -0.4 is 10.1 Å². The predicted octanol–water partition coefficient (Wildman–Crippen LogP) is 1.90. The molecule has 1 N–H and O–H groups in total. The van der Waals surface area contributed by atoms with E-state index in [1.54, 1.807) is 14.2 Å². The Morgan fingerprint density at radius 1 is 1.18 bits per heavy atom. The Kier molecular flexibility index (Phi) is 8.50. The third kappa shape index (κ3) is 5.63. The molecule has 1 amide bonds. The molecule has 1 unspecified atom stereocenters. The van der Waals surface area contributed by atoms with Gasteiger partial charge in [0, 0.05) is 20.3 Å². The molecule has 0 fully saturated rings.